The lowest BCUT2D eigenvalue weighted by atomic mass is 10.2. The Morgan fingerprint density at radius 3 is 2.53 bits per heavy atom. The zero-order chi connectivity index (χ0) is 14.5. The molecule has 4 nitrogen and oxygen atoms in total. The topological polar surface area (TPSA) is 49.4 Å². The quantitative estimate of drug-likeness (QED) is 0.834. The second kappa shape index (κ2) is 6.98. The van der Waals surface area contributed by atoms with Crippen molar-refractivity contribution >= 4 is 10.0 Å². The molecule has 108 valence electrons. The van der Waals surface area contributed by atoms with Crippen molar-refractivity contribution in [2.75, 3.05) is 20.1 Å². The Hall–Kier alpha value is -0.980. The van der Waals surface area contributed by atoms with Gasteiger partial charge in [0.05, 0.1) is 0 Å². The van der Waals surface area contributed by atoms with Gasteiger partial charge in [0.2, 0.25) is 10.0 Å². The van der Waals surface area contributed by atoms with Gasteiger partial charge in [-0.25, -0.2) is 17.1 Å². The molecular weight excluding hydrogens is 267 g/mol. The van der Waals surface area contributed by atoms with Crippen LogP contribution >= 0.6 is 0 Å². The van der Waals surface area contributed by atoms with Gasteiger partial charge in [-0.3, -0.25) is 0 Å². The third-order valence-electron chi connectivity index (χ3n) is 2.80. The largest absolute Gasteiger partial charge is 0.313 e. The number of hydrogen-bond donors (Lipinski definition) is 1. The van der Waals surface area contributed by atoms with Gasteiger partial charge in [-0.05, 0) is 30.7 Å². The minimum atomic E-state index is -3.73. The van der Waals surface area contributed by atoms with Gasteiger partial charge in [-0.1, -0.05) is 19.9 Å². The first kappa shape index (κ1) is 16.1. The lowest BCUT2D eigenvalue weighted by Gasteiger charge is -2.17. The van der Waals surface area contributed by atoms with Gasteiger partial charge in [0.25, 0.3) is 0 Å². The van der Waals surface area contributed by atoms with E-state index >= 15 is 0 Å². The number of nitrogens with zero attached hydrogens (tertiary/aromatic N) is 1. The Labute approximate surface area is 114 Å². The zero-order valence-electron chi connectivity index (χ0n) is 11.6. The molecule has 0 aliphatic heterocycles. The van der Waals surface area contributed by atoms with Gasteiger partial charge in [0.15, 0.2) is 0 Å². The van der Waals surface area contributed by atoms with Gasteiger partial charge in [0, 0.05) is 20.1 Å². The lowest BCUT2D eigenvalue weighted by molar-refractivity contribution is 0.461. The Morgan fingerprint density at radius 1 is 1.32 bits per heavy atom. The monoisotopic (exact) mass is 288 g/mol. The van der Waals surface area contributed by atoms with E-state index in [2.05, 4.69) is 5.32 Å². The van der Waals surface area contributed by atoms with Crippen molar-refractivity contribution in [3.05, 3.63) is 29.6 Å². The third-order valence-corrected chi connectivity index (χ3v) is 4.69. The van der Waals surface area contributed by atoms with Crippen molar-refractivity contribution < 1.29 is 12.8 Å². The van der Waals surface area contributed by atoms with Gasteiger partial charge in [-0.15, -0.1) is 0 Å². The van der Waals surface area contributed by atoms with Crippen molar-refractivity contribution in [3.63, 3.8) is 0 Å². The molecule has 1 N–H and O–H groups in total. The van der Waals surface area contributed by atoms with E-state index in [1.165, 1.54) is 23.5 Å². The molecule has 0 saturated carbocycles. The molecule has 0 unspecified atom stereocenters. The van der Waals surface area contributed by atoms with Crippen molar-refractivity contribution in [1.29, 1.82) is 0 Å². The van der Waals surface area contributed by atoms with Crippen LogP contribution in [-0.2, 0) is 16.6 Å². The molecule has 1 aromatic rings. The molecule has 1 rings (SSSR count). The molecule has 0 spiro atoms. The van der Waals surface area contributed by atoms with E-state index in [0.29, 0.717) is 19.5 Å². The Kier molecular flexibility index (Phi) is 5.90. The van der Waals surface area contributed by atoms with Crippen LogP contribution in [-0.4, -0.2) is 32.9 Å². The van der Waals surface area contributed by atoms with Crippen LogP contribution in [0.25, 0.3) is 0 Å². The van der Waals surface area contributed by atoms with Gasteiger partial charge in [0.1, 0.15) is 10.7 Å². The first-order chi connectivity index (χ1) is 8.93. The van der Waals surface area contributed by atoms with E-state index < -0.39 is 15.8 Å². The molecule has 0 aliphatic rings. The third kappa shape index (κ3) is 3.99. The fourth-order valence-corrected chi connectivity index (χ4v) is 3.04. The lowest BCUT2D eigenvalue weighted by Crippen LogP contribution is -2.28. The van der Waals surface area contributed by atoms with Crippen LogP contribution in [0.4, 0.5) is 4.39 Å². The maximum Gasteiger partial charge on any atom is 0.245 e. The smallest absolute Gasteiger partial charge is 0.245 e. The van der Waals surface area contributed by atoms with E-state index in [-0.39, 0.29) is 4.90 Å². The molecule has 0 amide bonds. The van der Waals surface area contributed by atoms with Crippen LogP contribution in [0.5, 0.6) is 0 Å². The van der Waals surface area contributed by atoms with E-state index in [0.717, 1.165) is 12.1 Å². The second-order valence-corrected chi connectivity index (χ2v) is 6.38. The molecule has 0 bridgehead atoms. The predicted octanol–water partition coefficient (Wildman–Crippen LogP) is 1.97. The van der Waals surface area contributed by atoms with Crippen molar-refractivity contribution in [3.8, 4) is 0 Å². The molecule has 19 heavy (non-hydrogen) atoms. The molecule has 0 radical (unpaired) electrons. The van der Waals surface area contributed by atoms with Crippen molar-refractivity contribution in [2.45, 2.75) is 31.7 Å². The molecule has 0 heterocycles. The normalized spacial score (nSPS) is 12.1. The highest BCUT2D eigenvalue weighted by molar-refractivity contribution is 7.89. The number of sulfonamides is 1. The van der Waals surface area contributed by atoms with Crippen molar-refractivity contribution in [2.24, 2.45) is 0 Å². The van der Waals surface area contributed by atoms with Gasteiger partial charge < -0.3 is 5.32 Å². The standard InChI is InChI=1S/C13H21FN2O2S/c1-4-8-16(3)19(17,18)13-7-6-11(9-12(13)14)10-15-5-2/h6-7,9,15H,4-5,8,10H2,1-3H3. The Balaban J connectivity index is 3.02. The van der Waals surface area contributed by atoms with Crippen LogP contribution in [0.3, 0.4) is 0 Å². The highest BCUT2D eigenvalue weighted by Gasteiger charge is 2.23. The second-order valence-electron chi connectivity index (χ2n) is 4.37. The number of benzene rings is 1. The van der Waals surface area contributed by atoms with Gasteiger partial charge in [-0.2, -0.15) is 0 Å². The minimum Gasteiger partial charge on any atom is -0.313 e. The van der Waals surface area contributed by atoms with Gasteiger partial charge >= 0.3 is 0 Å². The summed E-state index contributed by atoms with van der Waals surface area (Å²) >= 11 is 0. The predicted molar refractivity (Wildman–Crippen MR) is 73.9 cm³/mol. The summed E-state index contributed by atoms with van der Waals surface area (Å²) in [5, 5.41) is 3.07. The summed E-state index contributed by atoms with van der Waals surface area (Å²) in [4.78, 5) is -0.260. The fraction of sp³-hybridized carbons (Fsp3) is 0.538. The maximum atomic E-state index is 13.9. The zero-order valence-corrected chi connectivity index (χ0v) is 12.4. The van der Waals surface area contributed by atoms with Crippen LogP contribution in [0, 0.1) is 5.82 Å². The molecular formula is C13H21FN2O2S. The van der Waals surface area contributed by atoms with Crippen molar-refractivity contribution in [1.82, 2.24) is 9.62 Å². The molecule has 6 heteroatoms. The highest BCUT2D eigenvalue weighted by Crippen LogP contribution is 2.19. The van der Waals surface area contributed by atoms with E-state index in [1.54, 1.807) is 6.07 Å². The van der Waals surface area contributed by atoms with E-state index in [9.17, 15) is 12.8 Å². The summed E-state index contributed by atoms with van der Waals surface area (Å²) in [5.41, 5.74) is 0.733. The summed E-state index contributed by atoms with van der Waals surface area (Å²) in [7, 11) is -2.27. The summed E-state index contributed by atoms with van der Waals surface area (Å²) in [6, 6.07) is 4.25. The number of hydrogen-bond acceptors (Lipinski definition) is 3. The summed E-state index contributed by atoms with van der Waals surface area (Å²) < 4.78 is 39.4. The van der Waals surface area contributed by atoms with E-state index in [1.807, 2.05) is 13.8 Å². The number of rotatable bonds is 7. The van der Waals surface area contributed by atoms with E-state index in [4.69, 9.17) is 0 Å². The Morgan fingerprint density at radius 2 is 2.00 bits per heavy atom. The maximum absolute atomic E-state index is 13.9. The SMILES string of the molecule is CCCN(C)S(=O)(=O)c1ccc(CNCC)cc1F. The average Bonchev–Trinajstić information content (AvgIpc) is 2.36. The average molecular weight is 288 g/mol. The molecule has 1 aromatic carbocycles. The number of nitrogens with one attached hydrogen (secondary N) is 1. The van der Waals surface area contributed by atoms with Crippen LogP contribution in [0.15, 0.2) is 23.1 Å². The summed E-state index contributed by atoms with van der Waals surface area (Å²) in [6.07, 6.45) is 0.690. The molecule has 0 atom stereocenters. The first-order valence-electron chi connectivity index (χ1n) is 6.39. The Bertz CT molecular complexity index is 517. The van der Waals surface area contributed by atoms with Crippen LogP contribution in [0.2, 0.25) is 0 Å². The summed E-state index contributed by atoms with van der Waals surface area (Å²) in [5.74, 6) is -0.696. The molecule has 0 aliphatic carbocycles. The molecule has 0 fully saturated rings. The fourth-order valence-electron chi connectivity index (χ4n) is 1.74. The highest BCUT2D eigenvalue weighted by atomic mass is 32.2. The first-order valence-corrected chi connectivity index (χ1v) is 7.83. The van der Waals surface area contributed by atoms with Crippen LogP contribution < -0.4 is 5.32 Å². The number of halogens is 1. The summed E-state index contributed by atoms with van der Waals surface area (Å²) in [6.45, 7) is 5.51. The molecule has 0 saturated heterocycles. The molecule has 0 aromatic heterocycles. The minimum absolute atomic E-state index is 0.260. The van der Waals surface area contributed by atoms with Crippen LogP contribution in [0.1, 0.15) is 25.8 Å².